The van der Waals surface area contributed by atoms with Crippen molar-refractivity contribution in [1.29, 1.82) is 0 Å². The lowest BCUT2D eigenvalue weighted by Gasteiger charge is -2.06. The minimum Gasteiger partial charge on any atom is -0.385 e. The molecule has 0 fully saturated rings. The molecule has 6 nitrogen and oxygen atoms in total. The van der Waals surface area contributed by atoms with Gasteiger partial charge in [0.1, 0.15) is 5.82 Å². The maximum atomic E-state index is 11.4. The lowest BCUT2D eigenvalue weighted by atomic mass is 10.4. The van der Waals surface area contributed by atoms with Gasteiger partial charge in [-0.15, -0.1) is 0 Å². The molecule has 1 aromatic rings. The van der Waals surface area contributed by atoms with Gasteiger partial charge in [0.15, 0.2) is 0 Å². The molecule has 0 radical (unpaired) electrons. The van der Waals surface area contributed by atoms with Crippen LogP contribution in [0.15, 0.2) is 12.4 Å². The average molecular weight is 254 g/mol. The second-order valence-corrected chi connectivity index (χ2v) is 4.08. The minimum absolute atomic E-state index is 0.0194. The Hall–Kier alpha value is -1.40. The molecule has 0 aliphatic heterocycles. The largest absolute Gasteiger partial charge is 0.385 e. The highest BCUT2D eigenvalue weighted by molar-refractivity contribution is 5.77. The number of nitrogens with one attached hydrogen (secondary N) is 2. The molecule has 0 bridgehead atoms. The quantitative estimate of drug-likeness (QED) is 0.594. The van der Waals surface area contributed by atoms with Crippen LogP contribution in [0.2, 0.25) is 0 Å². The second kappa shape index (κ2) is 8.66. The van der Waals surface area contributed by atoms with Gasteiger partial charge in [0, 0.05) is 52.7 Å². The number of aryl methyl sites for hydroxylation is 1. The van der Waals surface area contributed by atoms with Gasteiger partial charge < -0.3 is 19.9 Å². The summed E-state index contributed by atoms with van der Waals surface area (Å²) in [5.74, 6) is 1.04. The van der Waals surface area contributed by atoms with Crippen molar-refractivity contribution in [3.05, 3.63) is 18.2 Å². The van der Waals surface area contributed by atoms with E-state index in [1.807, 2.05) is 17.8 Å². The molecule has 0 atom stereocenters. The van der Waals surface area contributed by atoms with Crippen molar-refractivity contribution >= 4 is 5.91 Å². The van der Waals surface area contributed by atoms with Gasteiger partial charge in [0.2, 0.25) is 5.91 Å². The number of hydrogen-bond acceptors (Lipinski definition) is 4. The molecule has 0 spiro atoms. The molecule has 18 heavy (non-hydrogen) atoms. The van der Waals surface area contributed by atoms with Gasteiger partial charge in [-0.1, -0.05) is 0 Å². The number of rotatable bonds is 9. The molecule has 1 rings (SSSR count). The molecule has 0 aromatic carbocycles. The SMILES string of the molecule is COCCCNC(=O)CNCCc1nccn1C. The number of hydrogen-bond donors (Lipinski definition) is 2. The predicted octanol–water partition coefficient (Wildman–Crippen LogP) is -0.295. The van der Waals surface area contributed by atoms with Crippen molar-refractivity contribution in [3.8, 4) is 0 Å². The summed E-state index contributed by atoms with van der Waals surface area (Å²) >= 11 is 0. The fourth-order valence-electron chi connectivity index (χ4n) is 1.55. The van der Waals surface area contributed by atoms with Crippen molar-refractivity contribution in [2.45, 2.75) is 12.8 Å². The molecule has 1 aromatic heterocycles. The third kappa shape index (κ3) is 5.79. The van der Waals surface area contributed by atoms with Crippen LogP contribution in [0.3, 0.4) is 0 Å². The fourth-order valence-corrected chi connectivity index (χ4v) is 1.55. The van der Waals surface area contributed by atoms with Crippen LogP contribution in [0.25, 0.3) is 0 Å². The highest BCUT2D eigenvalue weighted by atomic mass is 16.5. The van der Waals surface area contributed by atoms with Crippen molar-refractivity contribution in [2.75, 3.05) is 33.4 Å². The maximum Gasteiger partial charge on any atom is 0.233 e. The third-order valence-corrected chi connectivity index (χ3v) is 2.58. The van der Waals surface area contributed by atoms with Crippen molar-refractivity contribution in [2.24, 2.45) is 7.05 Å². The van der Waals surface area contributed by atoms with Crippen LogP contribution in [-0.4, -0.2) is 48.8 Å². The molecular weight excluding hydrogens is 232 g/mol. The number of methoxy groups -OCH3 is 1. The Kier molecular flexibility index (Phi) is 7.05. The molecule has 0 saturated heterocycles. The Morgan fingerprint density at radius 2 is 2.33 bits per heavy atom. The first-order valence-electron chi connectivity index (χ1n) is 6.16. The number of carbonyl (C=O) groups excluding carboxylic acids is 1. The average Bonchev–Trinajstić information content (AvgIpc) is 2.76. The van der Waals surface area contributed by atoms with Crippen molar-refractivity contribution in [1.82, 2.24) is 20.2 Å². The predicted molar refractivity (Wildman–Crippen MR) is 69.3 cm³/mol. The number of carbonyl (C=O) groups is 1. The van der Waals surface area contributed by atoms with E-state index in [9.17, 15) is 4.79 Å². The summed E-state index contributed by atoms with van der Waals surface area (Å²) in [6, 6.07) is 0. The first-order valence-corrected chi connectivity index (χ1v) is 6.16. The summed E-state index contributed by atoms with van der Waals surface area (Å²) < 4.78 is 6.88. The zero-order valence-electron chi connectivity index (χ0n) is 11.1. The first-order chi connectivity index (χ1) is 8.74. The molecule has 102 valence electrons. The number of ether oxygens (including phenoxy) is 1. The Labute approximate surface area is 108 Å². The molecule has 0 saturated carbocycles. The molecule has 1 amide bonds. The zero-order valence-corrected chi connectivity index (χ0v) is 11.1. The monoisotopic (exact) mass is 254 g/mol. The molecule has 0 aliphatic rings. The van der Waals surface area contributed by atoms with E-state index in [4.69, 9.17) is 4.74 Å². The van der Waals surface area contributed by atoms with Crippen LogP contribution in [0.5, 0.6) is 0 Å². The van der Waals surface area contributed by atoms with Crippen LogP contribution >= 0.6 is 0 Å². The van der Waals surface area contributed by atoms with Crippen LogP contribution in [0.4, 0.5) is 0 Å². The smallest absolute Gasteiger partial charge is 0.233 e. The van der Waals surface area contributed by atoms with E-state index in [1.54, 1.807) is 13.3 Å². The van der Waals surface area contributed by atoms with E-state index >= 15 is 0 Å². The Morgan fingerprint density at radius 1 is 1.50 bits per heavy atom. The molecule has 1 heterocycles. The van der Waals surface area contributed by atoms with Gasteiger partial charge in [-0.3, -0.25) is 4.79 Å². The molecule has 0 unspecified atom stereocenters. The maximum absolute atomic E-state index is 11.4. The first kappa shape index (κ1) is 14.7. The number of imidazole rings is 1. The van der Waals surface area contributed by atoms with Crippen LogP contribution < -0.4 is 10.6 Å². The summed E-state index contributed by atoms with van der Waals surface area (Å²) in [6.45, 7) is 2.42. The van der Waals surface area contributed by atoms with E-state index in [-0.39, 0.29) is 5.91 Å². The van der Waals surface area contributed by atoms with Gasteiger partial charge >= 0.3 is 0 Å². The van der Waals surface area contributed by atoms with E-state index in [2.05, 4.69) is 15.6 Å². The highest BCUT2D eigenvalue weighted by Crippen LogP contribution is 1.93. The van der Waals surface area contributed by atoms with Gasteiger partial charge in [-0.25, -0.2) is 4.98 Å². The normalized spacial score (nSPS) is 10.6. The van der Waals surface area contributed by atoms with Crippen molar-refractivity contribution < 1.29 is 9.53 Å². The Balaban J connectivity index is 2.00. The summed E-state index contributed by atoms with van der Waals surface area (Å²) in [5.41, 5.74) is 0. The van der Waals surface area contributed by atoms with Gasteiger partial charge in [0.25, 0.3) is 0 Å². The van der Waals surface area contributed by atoms with Gasteiger partial charge in [-0.05, 0) is 6.42 Å². The van der Waals surface area contributed by atoms with E-state index in [0.29, 0.717) is 19.7 Å². The molecule has 2 N–H and O–H groups in total. The van der Waals surface area contributed by atoms with Crippen molar-refractivity contribution in [3.63, 3.8) is 0 Å². The van der Waals surface area contributed by atoms with Crippen LogP contribution in [0, 0.1) is 0 Å². The zero-order chi connectivity index (χ0) is 13.2. The number of amides is 1. The summed E-state index contributed by atoms with van der Waals surface area (Å²) in [7, 11) is 3.62. The highest BCUT2D eigenvalue weighted by Gasteiger charge is 2.01. The van der Waals surface area contributed by atoms with E-state index in [1.165, 1.54) is 0 Å². The summed E-state index contributed by atoms with van der Waals surface area (Å²) in [4.78, 5) is 15.6. The van der Waals surface area contributed by atoms with Crippen LogP contribution in [-0.2, 0) is 23.0 Å². The summed E-state index contributed by atoms with van der Waals surface area (Å²) in [5, 5.41) is 5.92. The van der Waals surface area contributed by atoms with Crippen LogP contribution in [0.1, 0.15) is 12.2 Å². The lowest BCUT2D eigenvalue weighted by Crippen LogP contribution is -2.35. The number of nitrogens with zero attached hydrogens (tertiary/aromatic N) is 2. The third-order valence-electron chi connectivity index (χ3n) is 2.58. The standard InChI is InChI=1S/C12H22N4O2/c1-16-8-7-14-11(16)4-6-13-10-12(17)15-5-3-9-18-2/h7-8,13H,3-6,9-10H2,1-2H3,(H,15,17). The fraction of sp³-hybridized carbons (Fsp3) is 0.667. The van der Waals surface area contributed by atoms with Gasteiger partial charge in [0.05, 0.1) is 6.54 Å². The Morgan fingerprint density at radius 3 is 3.00 bits per heavy atom. The second-order valence-electron chi connectivity index (χ2n) is 4.08. The number of aromatic nitrogens is 2. The minimum atomic E-state index is 0.0194. The lowest BCUT2D eigenvalue weighted by molar-refractivity contribution is -0.120. The Bertz CT molecular complexity index is 352. The molecule has 6 heteroatoms. The molecular formula is C12H22N4O2. The topological polar surface area (TPSA) is 68.2 Å². The van der Waals surface area contributed by atoms with E-state index in [0.717, 1.165) is 25.2 Å². The van der Waals surface area contributed by atoms with E-state index < -0.39 is 0 Å². The molecule has 0 aliphatic carbocycles. The van der Waals surface area contributed by atoms with Gasteiger partial charge in [-0.2, -0.15) is 0 Å². The summed E-state index contributed by atoms with van der Waals surface area (Å²) in [6.07, 6.45) is 5.35.